The molecule has 1 aromatic carbocycles. The van der Waals surface area contributed by atoms with E-state index in [4.69, 9.17) is 9.47 Å². The van der Waals surface area contributed by atoms with Crippen molar-refractivity contribution in [1.29, 1.82) is 0 Å². The Morgan fingerprint density at radius 1 is 1.10 bits per heavy atom. The smallest absolute Gasteiger partial charge is 0.163 e. The number of aryl methyl sites for hydroxylation is 1. The molecular formula is C17H22O3. The minimum Gasteiger partial charge on any atom is -0.490 e. The second kappa shape index (κ2) is 5.96. The van der Waals surface area contributed by atoms with Crippen LogP contribution in [0, 0.1) is 0 Å². The third kappa shape index (κ3) is 2.88. The van der Waals surface area contributed by atoms with Gasteiger partial charge in [0.15, 0.2) is 5.78 Å². The molecule has 3 nitrogen and oxygen atoms in total. The fourth-order valence-corrected chi connectivity index (χ4v) is 3.31. The number of ketones is 1. The van der Waals surface area contributed by atoms with Gasteiger partial charge in [-0.1, -0.05) is 0 Å². The lowest BCUT2D eigenvalue weighted by Gasteiger charge is -2.29. The second-order valence-corrected chi connectivity index (χ2v) is 5.86. The predicted octanol–water partition coefficient (Wildman–Crippen LogP) is 3.54. The van der Waals surface area contributed by atoms with Crippen molar-refractivity contribution in [2.75, 3.05) is 7.11 Å². The quantitative estimate of drug-likeness (QED) is 0.845. The van der Waals surface area contributed by atoms with Crippen LogP contribution in [0.5, 0.6) is 5.75 Å². The van der Waals surface area contributed by atoms with Gasteiger partial charge in [0.05, 0.1) is 6.10 Å². The molecule has 1 saturated carbocycles. The molecule has 3 heteroatoms. The van der Waals surface area contributed by atoms with Crippen LogP contribution in [-0.2, 0) is 11.2 Å². The summed E-state index contributed by atoms with van der Waals surface area (Å²) < 4.78 is 11.5. The van der Waals surface area contributed by atoms with Crippen molar-refractivity contribution >= 4 is 5.78 Å². The van der Waals surface area contributed by atoms with E-state index in [1.54, 1.807) is 7.11 Å². The molecule has 0 N–H and O–H groups in total. The van der Waals surface area contributed by atoms with Crippen molar-refractivity contribution in [3.05, 3.63) is 29.3 Å². The molecule has 0 radical (unpaired) electrons. The first-order valence-corrected chi connectivity index (χ1v) is 7.62. The minimum absolute atomic E-state index is 0.242. The predicted molar refractivity (Wildman–Crippen MR) is 77.4 cm³/mol. The summed E-state index contributed by atoms with van der Waals surface area (Å²) in [5.74, 6) is 1.18. The highest BCUT2D eigenvalue weighted by atomic mass is 16.5. The number of ether oxygens (including phenoxy) is 2. The summed E-state index contributed by atoms with van der Waals surface area (Å²) in [6, 6.07) is 5.93. The zero-order chi connectivity index (χ0) is 13.9. The third-order valence-electron chi connectivity index (χ3n) is 4.44. The minimum atomic E-state index is 0.242. The molecule has 2 aliphatic rings. The summed E-state index contributed by atoms with van der Waals surface area (Å²) in [7, 11) is 1.78. The Bertz CT molecular complexity index is 495. The fourth-order valence-electron chi connectivity index (χ4n) is 3.31. The molecule has 1 fully saturated rings. The molecule has 2 unspecified atom stereocenters. The molecule has 0 bridgehead atoms. The van der Waals surface area contributed by atoms with Gasteiger partial charge in [0.1, 0.15) is 11.9 Å². The molecule has 0 amide bonds. The summed E-state index contributed by atoms with van der Waals surface area (Å²) in [5.41, 5.74) is 2.04. The van der Waals surface area contributed by atoms with Crippen LogP contribution in [0.3, 0.4) is 0 Å². The topological polar surface area (TPSA) is 35.5 Å². The van der Waals surface area contributed by atoms with Crippen LogP contribution in [0.2, 0.25) is 0 Å². The monoisotopic (exact) mass is 274 g/mol. The molecule has 1 aromatic rings. The third-order valence-corrected chi connectivity index (χ3v) is 4.44. The van der Waals surface area contributed by atoms with Gasteiger partial charge in [-0.05, 0) is 55.9 Å². The van der Waals surface area contributed by atoms with Crippen molar-refractivity contribution in [2.45, 2.75) is 57.2 Å². The number of methoxy groups -OCH3 is 1. The lowest BCUT2D eigenvalue weighted by molar-refractivity contribution is 0.0209. The highest BCUT2D eigenvalue weighted by Gasteiger charge is 2.24. The lowest BCUT2D eigenvalue weighted by Crippen LogP contribution is -2.29. The van der Waals surface area contributed by atoms with E-state index in [-0.39, 0.29) is 11.9 Å². The first-order valence-electron chi connectivity index (χ1n) is 7.62. The zero-order valence-corrected chi connectivity index (χ0v) is 12.1. The van der Waals surface area contributed by atoms with Gasteiger partial charge in [0.2, 0.25) is 0 Å². The normalized spacial score (nSPS) is 26.1. The molecule has 0 spiro atoms. The molecule has 0 aliphatic heterocycles. The van der Waals surface area contributed by atoms with Crippen LogP contribution in [0.4, 0.5) is 0 Å². The number of hydrogen-bond donors (Lipinski definition) is 0. The summed E-state index contributed by atoms with van der Waals surface area (Å²) in [4.78, 5) is 11.8. The highest BCUT2D eigenvalue weighted by molar-refractivity contribution is 5.98. The van der Waals surface area contributed by atoms with E-state index in [0.29, 0.717) is 12.5 Å². The van der Waals surface area contributed by atoms with E-state index in [1.165, 1.54) is 0 Å². The zero-order valence-electron chi connectivity index (χ0n) is 12.1. The molecule has 3 rings (SSSR count). The Morgan fingerprint density at radius 2 is 1.95 bits per heavy atom. The Labute approximate surface area is 120 Å². The standard InChI is InChI=1S/C17H22O3/c1-19-13-5-3-6-14(11-13)20-15-8-9-16-12(10-15)4-2-7-17(16)18/h8-10,13-14H,2-7,11H2,1H3. The maximum atomic E-state index is 11.8. The first kappa shape index (κ1) is 13.6. The van der Waals surface area contributed by atoms with Gasteiger partial charge in [-0.3, -0.25) is 4.79 Å². The van der Waals surface area contributed by atoms with Crippen molar-refractivity contribution in [1.82, 2.24) is 0 Å². The van der Waals surface area contributed by atoms with E-state index in [2.05, 4.69) is 6.07 Å². The molecule has 2 atom stereocenters. The number of carbonyl (C=O) groups excluding carboxylic acids is 1. The van der Waals surface area contributed by atoms with Crippen LogP contribution in [0.15, 0.2) is 18.2 Å². The van der Waals surface area contributed by atoms with Crippen LogP contribution in [0.1, 0.15) is 54.4 Å². The van der Waals surface area contributed by atoms with E-state index in [1.807, 2.05) is 12.1 Å². The van der Waals surface area contributed by atoms with Gasteiger partial charge in [-0.2, -0.15) is 0 Å². The maximum Gasteiger partial charge on any atom is 0.163 e. The van der Waals surface area contributed by atoms with Crippen LogP contribution >= 0.6 is 0 Å². The average Bonchev–Trinajstić information content (AvgIpc) is 2.47. The summed E-state index contributed by atoms with van der Waals surface area (Å²) in [6.07, 6.45) is 7.56. The highest BCUT2D eigenvalue weighted by Crippen LogP contribution is 2.29. The maximum absolute atomic E-state index is 11.8. The Morgan fingerprint density at radius 3 is 2.80 bits per heavy atom. The van der Waals surface area contributed by atoms with E-state index in [0.717, 1.165) is 55.4 Å². The molecule has 108 valence electrons. The van der Waals surface area contributed by atoms with E-state index >= 15 is 0 Å². The van der Waals surface area contributed by atoms with Gasteiger partial charge >= 0.3 is 0 Å². The van der Waals surface area contributed by atoms with Gasteiger partial charge in [0, 0.05) is 25.5 Å². The number of fused-ring (bicyclic) bond motifs is 1. The van der Waals surface area contributed by atoms with Crippen LogP contribution in [-0.4, -0.2) is 25.1 Å². The Balaban J connectivity index is 1.70. The summed E-state index contributed by atoms with van der Waals surface area (Å²) in [6.45, 7) is 0. The molecular weight excluding hydrogens is 252 g/mol. The molecule has 2 aliphatic carbocycles. The van der Waals surface area contributed by atoms with Gasteiger partial charge in [-0.15, -0.1) is 0 Å². The number of rotatable bonds is 3. The number of benzene rings is 1. The average molecular weight is 274 g/mol. The first-order chi connectivity index (χ1) is 9.76. The van der Waals surface area contributed by atoms with Crippen molar-refractivity contribution in [3.63, 3.8) is 0 Å². The molecule has 0 aromatic heterocycles. The van der Waals surface area contributed by atoms with Gasteiger partial charge in [-0.25, -0.2) is 0 Å². The van der Waals surface area contributed by atoms with E-state index in [9.17, 15) is 4.79 Å². The van der Waals surface area contributed by atoms with Crippen molar-refractivity contribution in [2.24, 2.45) is 0 Å². The number of carbonyl (C=O) groups is 1. The Kier molecular flexibility index (Phi) is 4.06. The number of hydrogen-bond acceptors (Lipinski definition) is 3. The summed E-state index contributed by atoms with van der Waals surface area (Å²) in [5, 5.41) is 0. The second-order valence-electron chi connectivity index (χ2n) is 5.86. The summed E-state index contributed by atoms with van der Waals surface area (Å²) >= 11 is 0. The van der Waals surface area contributed by atoms with Crippen LogP contribution in [0.25, 0.3) is 0 Å². The molecule has 0 heterocycles. The molecule has 0 saturated heterocycles. The number of Topliss-reactive ketones (excluding diaryl/α,β-unsaturated/α-hetero) is 1. The van der Waals surface area contributed by atoms with Crippen molar-refractivity contribution in [3.8, 4) is 5.75 Å². The lowest BCUT2D eigenvalue weighted by atomic mass is 9.90. The van der Waals surface area contributed by atoms with Crippen molar-refractivity contribution < 1.29 is 14.3 Å². The van der Waals surface area contributed by atoms with Gasteiger partial charge in [0.25, 0.3) is 0 Å². The van der Waals surface area contributed by atoms with Crippen LogP contribution < -0.4 is 4.74 Å². The fraction of sp³-hybridized carbons (Fsp3) is 0.588. The van der Waals surface area contributed by atoms with E-state index < -0.39 is 0 Å². The SMILES string of the molecule is COC1CCCC(Oc2ccc3c(c2)CCCC3=O)C1. The molecule has 20 heavy (non-hydrogen) atoms. The largest absolute Gasteiger partial charge is 0.490 e. The Hall–Kier alpha value is -1.35. The van der Waals surface area contributed by atoms with Gasteiger partial charge < -0.3 is 9.47 Å².